The van der Waals surface area contributed by atoms with Crippen molar-refractivity contribution in [2.45, 2.75) is 32.6 Å². The van der Waals surface area contributed by atoms with Gasteiger partial charge in [-0.2, -0.15) is 0 Å². The zero-order valence-electron chi connectivity index (χ0n) is 8.64. The molecule has 0 bridgehead atoms. The van der Waals surface area contributed by atoms with Crippen molar-refractivity contribution >= 4 is 0 Å². The molecule has 0 fully saturated rings. The SMILES string of the molecule is C=CC(=CN(C)C)CCCCC. The van der Waals surface area contributed by atoms with Gasteiger partial charge < -0.3 is 4.90 Å². The normalized spacial score (nSPS) is 11.4. The number of hydrogen-bond donors (Lipinski definition) is 0. The zero-order chi connectivity index (χ0) is 9.40. The monoisotopic (exact) mass is 167 g/mol. The largest absolute Gasteiger partial charge is 0.383 e. The van der Waals surface area contributed by atoms with E-state index in [2.05, 4.69) is 24.6 Å². The maximum Gasteiger partial charge on any atom is 0.00557 e. The highest BCUT2D eigenvalue weighted by Crippen LogP contribution is 2.09. The van der Waals surface area contributed by atoms with Crippen molar-refractivity contribution in [3.8, 4) is 0 Å². The molecule has 0 atom stereocenters. The molecule has 1 nitrogen and oxygen atoms in total. The Morgan fingerprint density at radius 2 is 2.00 bits per heavy atom. The molecule has 0 aliphatic carbocycles. The molecule has 0 N–H and O–H groups in total. The van der Waals surface area contributed by atoms with Crippen LogP contribution < -0.4 is 0 Å². The van der Waals surface area contributed by atoms with Gasteiger partial charge in [0.05, 0.1) is 0 Å². The van der Waals surface area contributed by atoms with Crippen molar-refractivity contribution in [1.29, 1.82) is 0 Å². The minimum atomic E-state index is 1.16. The number of allylic oxidation sites excluding steroid dienone is 2. The number of hydrogen-bond acceptors (Lipinski definition) is 1. The molecule has 0 aromatic heterocycles. The summed E-state index contributed by atoms with van der Waals surface area (Å²) in [6, 6.07) is 0. The molecule has 0 spiro atoms. The highest BCUT2D eigenvalue weighted by atomic mass is 15.0. The predicted octanol–water partition coefficient (Wildman–Crippen LogP) is 3.20. The van der Waals surface area contributed by atoms with E-state index in [0.717, 1.165) is 6.42 Å². The molecule has 0 saturated heterocycles. The predicted molar refractivity (Wildman–Crippen MR) is 56.1 cm³/mol. The Morgan fingerprint density at radius 1 is 1.33 bits per heavy atom. The van der Waals surface area contributed by atoms with Crippen molar-refractivity contribution < 1.29 is 0 Å². The van der Waals surface area contributed by atoms with Crippen LogP contribution in [-0.2, 0) is 0 Å². The number of nitrogens with zero attached hydrogens (tertiary/aromatic N) is 1. The van der Waals surface area contributed by atoms with Gasteiger partial charge in [0.25, 0.3) is 0 Å². The summed E-state index contributed by atoms with van der Waals surface area (Å²) in [4.78, 5) is 2.07. The van der Waals surface area contributed by atoms with E-state index in [1.807, 2.05) is 20.2 Å². The molecule has 0 saturated carbocycles. The molecule has 0 unspecified atom stereocenters. The first-order valence-electron chi connectivity index (χ1n) is 4.70. The van der Waals surface area contributed by atoms with Crippen LogP contribution in [0.15, 0.2) is 24.4 Å². The van der Waals surface area contributed by atoms with E-state index in [-0.39, 0.29) is 0 Å². The lowest BCUT2D eigenvalue weighted by molar-refractivity contribution is 0.555. The third kappa shape index (κ3) is 6.02. The van der Waals surface area contributed by atoms with Gasteiger partial charge in [-0.1, -0.05) is 32.4 Å². The van der Waals surface area contributed by atoms with Crippen molar-refractivity contribution in [3.63, 3.8) is 0 Å². The fraction of sp³-hybridized carbons (Fsp3) is 0.636. The first kappa shape index (κ1) is 11.3. The topological polar surface area (TPSA) is 3.24 Å². The maximum atomic E-state index is 3.80. The Hall–Kier alpha value is -0.720. The molecule has 0 radical (unpaired) electrons. The van der Waals surface area contributed by atoms with E-state index in [1.165, 1.54) is 24.8 Å². The van der Waals surface area contributed by atoms with E-state index < -0.39 is 0 Å². The third-order valence-electron chi connectivity index (χ3n) is 1.76. The summed E-state index contributed by atoms with van der Waals surface area (Å²) < 4.78 is 0. The summed E-state index contributed by atoms with van der Waals surface area (Å²) in [5.74, 6) is 0. The Kier molecular flexibility index (Phi) is 6.54. The average molecular weight is 167 g/mol. The molecule has 12 heavy (non-hydrogen) atoms. The molecule has 0 amide bonds. The first-order valence-corrected chi connectivity index (χ1v) is 4.70. The minimum absolute atomic E-state index is 1.16. The van der Waals surface area contributed by atoms with Gasteiger partial charge in [0.2, 0.25) is 0 Å². The van der Waals surface area contributed by atoms with Crippen LogP contribution >= 0.6 is 0 Å². The van der Waals surface area contributed by atoms with Gasteiger partial charge in [-0.05, 0) is 18.4 Å². The molecule has 0 aliphatic rings. The van der Waals surface area contributed by atoms with E-state index in [1.54, 1.807) is 0 Å². The molecule has 0 aliphatic heterocycles. The number of rotatable bonds is 6. The molecular formula is C11H21N. The van der Waals surface area contributed by atoms with E-state index in [4.69, 9.17) is 0 Å². The van der Waals surface area contributed by atoms with Gasteiger partial charge in [0.15, 0.2) is 0 Å². The van der Waals surface area contributed by atoms with Crippen molar-refractivity contribution in [2.75, 3.05) is 14.1 Å². The lowest BCUT2D eigenvalue weighted by atomic mass is 10.1. The summed E-state index contributed by atoms with van der Waals surface area (Å²) >= 11 is 0. The van der Waals surface area contributed by atoms with E-state index >= 15 is 0 Å². The summed E-state index contributed by atoms with van der Waals surface area (Å²) in [5, 5.41) is 0. The van der Waals surface area contributed by atoms with Crippen LogP contribution in [0.5, 0.6) is 0 Å². The molecule has 70 valence electrons. The van der Waals surface area contributed by atoms with Crippen LogP contribution in [0.1, 0.15) is 32.6 Å². The van der Waals surface area contributed by atoms with Gasteiger partial charge in [-0.25, -0.2) is 0 Å². The minimum Gasteiger partial charge on any atom is -0.383 e. The van der Waals surface area contributed by atoms with Crippen molar-refractivity contribution in [1.82, 2.24) is 4.90 Å². The highest BCUT2D eigenvalue weighted by molar-refractivity contribution is 5.14. The Bertz CT molecular complexity index is 145. The maximum absolute atomic E-state index is 3.80. The number of unbranched alkanes of at least 4 members (excludes halogenated alkanes) is 2. The summed E-state index contributed by atoms with van der Waals surface area (Å²) in [6.07, 6.45) is 9.14. The molecule has 0 rings (SSSR count). The fourth-order valence-corrected chi connectivity index (χ4v) is 1.13. The van der Waals surface area contributed by atoms with Crippen LogP contribution in [0.25, 0.3) is 0 Å². The van der Waals surface area contributed by atoms with Crippen LogP contribution in [0.4, 0.5) is 0 Å². The summed E-state index contributed by atoms with van der Waals surface area (Å²) in [7, 11) is 4.09. The van der Waals surface area contributed by atoms with Gasteiger partial charge in [-0.3, -0.25) is 0 Å². The second kappa shape index (κ2) is 6.96. The Balaban J connectivity index is 3.75. The molecule has 0 aromatic rings. The average Bonchev–Trinajstić information content (AvgIpc) is 2.02. The van der Waals surface area contributed by atoms with Gasteiger partial charge in [-0.15, -0.1) is 0 Å². The summed E-state index contributed by atoms with van der Waals surface area (Å²) in [5.41, 5.74) is 1.34. The van der Waals surface area contributed by atoms with E-state index in [0.29, 0.717) is 0 Å². The fourth-order valence-electron chi connectivity index (χ4n) is 1.13. The lowest BCUT2D eigenvalue weighted by Gasteiger charge is -2.08. The standard InChI is InChI=1S/C11H21N/c1-5-7-8-9-11(6-2)10-12(3)4/h6,10H,2,5,7-9H2,1,3-4H3. The second-order valence-corrected chi connectivity index (χ2v) is 3.33. The van der Waals surface area contributed by atoms with Gasteiger partial charge in [0.1, 0.15) is 0 Å². The Morgan fingerprint density at radius 3 is 2.42 bits per heavy atom. The Labute approximate surface area is 76.8 Å². The highest BCUT2D eigenvalue weighted by Gasteiger charge is 1.92. The lowest BCUT2D eigenvalue weighted by Crippen LogP contribution is -2.02. The van der Waals surface area contributed by atoms with Gasteiger partial charge in [0, 0.05) is 20.3 Å². The van der Waals surface area contributed by atoms with Crippen LogP contribution in [0.2, 0.25) is 0 Å². The summed E-state index contributed by atoms with van der Waals surface area (Å²) in [6.45, 7) is 6.02. The van der Waals surface area contributed by atoms with Crippen LogP contribution in [0.3, 0.4) is 0 Å². The molecule has 0 aromatic carbocycles. The van der Waals surface area contributed by atoms with Crippen molar-refractivity contribution in [3.05, 3.63) is 24.4 Å². The third-order valence-corrected chi connectivity index (χ3v) is 1.76. The smallest absolute Gasteiger partial charge is 0.00557 e. The zero-order valence-corrected chi connectivity index (χ0v) is 8.64. The molecule has 0 heterocycles. The van der Waals surface area contributed by atoms with Crippen LogP contribution in [0, 0.1) is 0 Å². The second-order valence-electron chi connectivity index (χ2n) is 3.33. The first-order chi connectivity index (χ1) is 5.70. The molecular weight excluding hydrogens is 146 g/mol. The quantitative estimate of drug-likeness (QED) is 0.434. The van der Waals surface area contributed by atoms with Crippen molar-refractivity contribution in [2.24, 2.45) is 0 Å². The van der Waals surface area contributed by atoms with Gasteiger partial charge >= 0.3 is 0 Å². The van der Waals surface area contributed by atoms with E-state index in [9.17, 15) is 0 Å². The molecule has 1 heteroatoms. The van der Waals surface area contributed by atoms with Crippen LogP contribution in [-0.4, -0.2) is 19.0 Å².